The summed E-state index contributed by atoms with van der Waals surface area (Å²) in [5, 5.41) is 8.81. The Kier molecular flexibility index (Phi) is 5.16. The highest BCUT2D eigenvalue weighted by Gasteiger charge is 2.41. The van der Waals surface area contributed by atoms with Gasteiger partial charge in [0.2, 0.25) is 5.82 Å². The predicted octanol–water partition coefficient (Wildman–Crippen LogP) is 3.38. The normalized spacial score (nSPS) is 15.1. The van der Waals surface area contributed by atoms with Crippen LogP contribution in [0.3, 0.4) is 0 Å². The summed E-state index contributed by atoms with van der Waals surface area (Å²) < 4.78 is 106. The monoisotopic (exact) mass is 324 g/mol. The van der Waals surface area contributed by atoms with E-state index in [0.29, 0.717) is 7.11 Å². The average molecular weight is 324 g/mol. The molecule has 21 heavy (non-hydrogen) atoms. The van der Waals surface area contributed by atoms with Crippen LogP contribution in [0.2, 0.25) is 0 Å². The van der Waals surface area contributed by atoms with Gasteiger partial charge in [-0.2, -0.15) is 13.2 Å². The second-order valence-electron chi connectivity index (χ2n) is 4.00. The highest BCUT2D eigenvalue weighted by Crippen LogP contribution is 2.34. The van der Waals surface area contributed by atoms with Gasteiger partial charge in [-0.1, -0.05) is 0 Å². The highest BCUT2D eigenvalue weighted by atomic mass is 19.4. The molecule has 0 bridgehead atoms. The van der Waals surface area contributed by atoms with Gasteiger partial charge in [0.1, 0.15) is 0 Å². The first-order valence-electron chi connectivity index (χ1n) is 5.31. The maximum atomic E-state index is 13.4. The molecule has 0 fully saturated rings. The average Bonchev–Trinajstić information content (AvgIpc) is 2.40. The van der Waals surface area contributed by atoms with Crippen LogP contribution in [0.4, 0.5) is 35.1 Å². The van der Waals surface area contributed by atoms with E-state index in [9.17, 15) is 35.1 Å². The van der Waals surface area contributed by atoms with Gasteiger partial charge >= 0.3 is 6.18 Å². The number of aliphatic hydroxyl groups is 1. The van der Waals surface area contributed by atoms with Crippen LogP contribution >= 0.6 is 0 Å². The van der Waals surface area contributed by atoms with Gasteiger partial charge in [0, 0.05) is 13.5 Å². The quantitative estimate of drug-likeness (QED) is 0.523. The Morgan fingerprint density at radius 3 is 1.62 bits per heavy atom. The first-order valence-corrected chi connectivity index (χ1v) is 5.31. The van der Waals surface area contributed by atoms with Crippen LogP contribution in [0.25, 0.3) is 0 Å². The summed E-state index contributed by atoms with van der Waals surface area (Å²) in [5.74, 6) is -11.7. The molecule has 1 aromatic carbocycles. The van der Waals surface area contributed by atoms with Gasteiger partial charge in [-0.15, -0.1) is 0 Å². The standard InChI is InChI=1S/C11H8F8O2/c1-21-3(2-4(20)11(17,18)19)5-6(12)8(14)10(16)9(15)7(5)13/h3-4,20H,2H2,1H3. The van der Waals surface area contributed by atoms with Gasteiger partial charge in [0.25, 0.3) is 0 Å². The van der Waals surface area contributed by atoms with Crippen LogP contribution in [-0.2, 0) is 4.74 Å². The lowest BCUT2D eigenvalue weighted by molar-refractivity contribution is -0.212. The summed E-state index contributed by atoms with van der Waals surface area (Å²) in [7, 11) is 0.700. The zero-order valence-corrected chi connectivity index (χ0v) is 10.2. The topological polar surface area (TPSA) is 29.5 Å². The van der Waals surface area contributed by atoms with Gasteiger partial charge in [-0.3, -0.25) is 0 Å². The summed E-state index contributed by atoms with van der Waals surface area (Å²) in [5.41, 5.74) is -1.57. The molecule has 1 N–H and O–H groups in total. The molecule has 0 saturated carbocycles. The first-order chi connectivity index (χ1) is 9.52. The number of halogens is 8. The molecule has 2 unspecified atom stereocenters. The third-order valence-corrected chi connectivity index (χ3v) is 2.67. The lowest BCUT2D eigenvalue weighted by Crippen LogP contribution is -2.31. The van der Waals surface area contributed by atoms with Crippen molar-refractivity contribution in [2.24, 2.45) is 0 Å². The Labute approximate surface area is 112 Å². The Balaban J connectivity index is 3.30. The summed E-state index contributed by atoms with van der Waals surface area (Å²) in [6.45, 7) is 0. The number of aliphatic hydroxyl groups excluding tert-OH is 1. The summed E-state index contributed by atoms with van der Waals surface area (Å²) >= 11 is 0. The molecular formula is C11H8F8O2. The molecule has 2 nitrogen and oxygen atoms in total. The van der Waals surface area contributed by atoms with Crippen LogP contribution < -0.4 is 0 Å². The molecule has 0 aliphatic carbocycles. The van der Waals surface area contributed by atoms with Gasteiger partial charge in [-0.25, -0.2) is 22.0 Å². The minimum atomic E-state index is -5.14. The van der Waals surface area contributed by atoms with E-state index in [0.717, 1.165) is 0 Å². The van der Waals surface area contributed by atoms with Crippen molar-refractivity contribution in [3.63, 3.8) is 0 Å². The van der Waals surface area contributed by atoms with Crippen LogP contribution in [0.5, 0.6) is 0 Å². The number of hydrogen-bond acceptors (Lipinski definition) is 2. The third kappa shape index (κ3) is 3.43. The highest BCUT2D eigenvalue weighted by molar-refractivity contribution is 5.26. The fourth-order valence-electron chi connectivity index (χ4n) is 1.57. The van der Waals surface area contributed by atoms with Crippen LogP contribution in [0.15, 0.2) is 0 Å². The van der Waals surface area contributed by atoms with Crippen molar-refractivity contribution < 1.29 is 45.0 Å². The van der Waals surface area contributed by atoms with Gasteiger partial charge in [0.15, 0.2) is 29.4 Å². The maximum absolute atomic E-state index is 13.4. The second kappa shape index (κ2) is 6.14. The minimum Gasteiger partial charge on any atom is -0.384 e. The van der Waals surface area contributed by atoms with Crippen molar-refractivity contribution in [2.45, 2.75) is 24.8 Å². The van der Waals surface area contributed by atoms with E-state index < -0.39 is 59.5 Å². The molecule has 0 radical (unpaired) electrons. The van der Waals surface area contributed by atoms with Crippen molar-refractivity contribution in [1.29, 1.82) is 0 Å². The van der Waals surface area contributed by atoms with Crippen molar-refractivity contribution in [2.75, 3.05) is 7.11 Å². The van der Waals surface area contributed by atoms with E-state index >= 15 is 0 Å². The molecule has 0 spiro atoms. The number of methoxy groups -OCH3 is 1. The molecular weight excluding hydrogens is 316 g/mol. The van der Waals surface area contributed by atoms with Gasteiger partial charge in [-0.05, 0) is 0 Å². The van der Waals surface area contributed by atoms with E-state index in [1.54, 1.807) is 0 Å². The van der Waals surface area contributed by atoms with Gasteiger partial charge < -0.3 is 9.84 Å². The number of ether oxygens (including phenoxy) is 1. The molecule has 0 aliphatic heterocycles. The van der Waals surface area contributed by atoms with Crippen molar-refractivity contribution in [1.82, 2.24) is 0 Å². The zero-order chi connectivity index (χ0) is 16.5. The molecule has 10 heteroatoms. The van der Waals surface area contributed by atoms with E-state index in [1.807, 2.05) is 0 Å². The number of hydrogen-bond donors (Lipinski definition) is 1. The Hall–Kier alpha value is -1.42. The lowest BCUT2D eigenvalue weighted by Gasteiger charge is -2.22. The summed E-state index contributed by atoms with van der Waals surface area (Å²) in [4.78, 5) is 0. The zero-order valence-electron chi connectivity index (χ0n) is 10.2. The molecule has 0 heterocycles. The van der Waals surface area contributed by atoms with E-state index in [2.05, 4.69) is 4.74 Å². The molecule has 0 saturated heterocycles. The summed E-state index contributed by atoms with van der Waals surface area (Å²) in [6.07, 6.45) is -11.8. The minimum absolute atomic E-state index is 0.700. The predicted molar refractivity (Wildman–Crippen MR) is 52.7 cm³/mol. The second-order valence-corrected chi connectivity index (χ2v) is 4.00. The molecule has 1 aromatic rings. The molecule has 1 rings (SSSR count). The molecule has 0 aliphatic rings. The van der Waals surface area contributed by atoms with Crippen molar-refractivity contribution in [3.8, 4) is 0 Å². The van der Waals surface area contributed by atoms with Gasteiger partial charge in [0.05, 0.1) is 11.7 Å². The third-order valence-electron chi connectivity index (χ3n) is 2.67. The maximum Gasteiger partial charge on any atom is 0.414 e. The van der Waals surface area contributed by atoms with Crippen LogP contribution in [-0.4, -0.2) is 24.5 Å². The fraction of sp³-hybridized carbons (Fsp3) is 0.455. The van der Waals surface area contributed by atoms with Crippen molar-refractivity contribution >= 4 is 0 Å². The van der Waals surface area contributed by atoms with E-state index in [1.165, 1.54) is 0 Å². The van der Waals surface area contributed by atoms with Crippen LogP contribution in [0, 0.1) is 29.1 Å². The number of alkyl halides is 3. The Morgan fingerprint density at radius 1 is 0.905 bits per heavy atom. The number of rotatable bonds is 4. The molecule has 120 valence electrons. The fourth-order valence-corrected chi connectivity index (χ4v) is 1.57. The summed E-state index contributed by atoms with van der Waals surface area (Å²) in [6, 6.07) is 0. The largest absolute Gasteiger partial charge is 0.414 e. The number of benzene rings is 1. The smallest absolute Gasteiger partial charge is 0.384 e. The Bertz CT molecular complexity index is 499. The SMILES string of the molecule is COC(CC(O)C(F)(F)F)c1c(F)c(F)c(F)c(F)c1F. The van der Waals surface area contributed by atoms with Crippen molar-refractivity contribution in [3.05, 3.63) is 34.6 Å². The van der Waals surface area contributed by atoms with Crippen LogP contribution in [0.1, 0.15) is 18.1 Å². The lowest BCUT2D eigenvalue weighted by atomic mass is 10.0. The molecule has 0 amide bonds. The van der Waals surface area contributed by atoms with E-state index in [4.69, 9.17) is 5.11 Å². The Morgan fingerprint density at radius 2 is 1.29 bits per heavy atom. The first kappa shape index (κ1) is 17.6. The molecule has 0 aromatic heterocycles. The molecule has 2 atom stereocenters. The van der Waals surface area contributed by atoms with E-state index in [-0.39, 0.29) is 0 Å².